The number of aromatic nitrogens is 3. The second-order valence-electron chi connectivity index (χ2n) is 8.13. The number of nitrogens with zero attached hydrogens (tertiary/aromatic N) is 3. The van der Waals surface area contributed by atoms with E-state index in [0.717, 1.165) is 30.4 Å². The first kappa shape index (κ1) is 23.3. The van der Waals surface area contributed by atoms with Crippen LogP contribution in [-0.2, 0) is 16.4 Å². The number of aryl methyl sites for hydroxylation is 1. The van der Waals surface area contributed by atoms with Crippen LogP contribution in [0.3, 0.4) is 0 Å². The molecule has 1 aromatic heterocycles. The Morgan fingerprint density at radius 3 is 2.45 bits per heavy atom. The van der Waals surface area contributed by atoms with E-state index in [4.69, 9.17) is 0 Å². The molecular weight excluding hydrogens is 450 g/mol. The smallest absolute Gasteiger partial charge is 0.387 e. The van der Waals surface area contributed by atoms with Gasteiger partial charge in [-0.05, 0) is 73.1 Å². The predicted octanol–water partition coefficient (Wildman–Crippen LogP) is 4.57. The van der Waals surface area contributed by atoms with Gasteiger partial charge in [-0.15, -0.1) is 10.2 Å². The minimum atomic E-state index is -3.71. The Labute approximate surface area is 191 Å². The largest absolute Gasteiger partial charge is 0.435 e. The molecular formula is C23H26F2N4O3S. The zero-order chi connectivity index (χ0) is 23.4. The third-order valence-electron chi connectivity index (χ3n) is 5.97. The van der Waals surface area contributed by atoms with Crippen LogP contribution in [0.15, 0.2) is 60.0 Å². The van der Waals surface area contributed by atoms with Crippen molar-refractivity contribution in [3.8, 4) is 16.9 Å². The van der Waals surface area contributed by atoms with Gasteiger partial charge in [-0.3, -0.25) is 0 Å². The number of ether oxygens (including phenoxy) is 1. The highest BCUT2D eigenvalue weighted by Gasteiger charge is 2.28. The summed E-state index contributed by atoms with van der Waals surface area (Å²) < 4.78 is 60.4. The van der Waals surface area contributed by atoms with Crippen LogP contribution < -0.4 is 9.46 Å². The van der Waals surface area contributed by atoms with Crippen molar-refractivity contribution in [3.63, 3.8) is 0 Å². The molecule has 176 valence electrons. The van der Waals surface area contributed by atoms with Gasteiger partial charge in [-0.1, -0.05) is 25.1 Å². The summed E-state index contributed by atoms with van der Waals surface area (Å²) in [5, 5.41) is 7.70. The molecule has 1 N–H and O–H groups in total. The first-order valence-electron chi connectivity index (χ1n) is 10.9. The lowest BCUT2D eigenvalue weighted by atomic mass is 9.91. The van der Waals surface area contributed by atoms with Crippen molar-refractivity contribution in [2.24, 2.45) is 0 Å². The SMILES string of the molecule is CCc1cc(-c2ccc(OC(F)F)cc2)ccc1S(=O)(=O)NC1CCCC(n2cnnc2)C1. The fourth-order valence-electron chi connectivity index (χ4n) is 4.35. The zero-order valence-electron chi connectivity index (χ0n) is 18.2. The molecule has 0 amide bonds. The number of benzene rings is 2. The first-order chi connectivity index (χ1) is 15.9. The molecule has 3 aromatic rings. The third-order valence-corrected chi connectivity index (χ3v) is 7.59. The summed E-state index contributed by atoms with van der Waals surface area (Å²) in [6.45, 7) is -0.976. The summed E-state index contributed by atoms with van der Waals surface area (Å²) in [6.07, 6.45) is 7.22. The molecule has 7 nitrogen and oxygen atoms in total. The number of alkyl halides is 2. The van der Waals surface area contributed by atoms with Crippen LogP contribution in [0.1, 0.15) is 44.2 Å². The van der Waals surface area contributed by atoms with Gasteiger partial charge < -0.3 is 9.30 Å². The summed E-state index contributed by atoms with van der Waals surface area (Å²) in [5.74, 6) is 0.0742. The quantitative estimate of drug-likeness (QED) is 0.515. The maximum atomic E-state index is 13.2. The maximum Gasteiger partial charge on any atom is 0.387 e. The van der Waals surface area contributed by atoms with E-state index in [1.807, 2.05) is 17.6 Å². The highest BCUT2D eigenvalue weighted by molar-refractivity contribution is 7.89. The Hall–Kier alpha value is -2.85. The van der Waals surface area contributed by atoms with E-state index in [1.165, 1.54) is 12.1 Å². The number of rotatable bonds is 8. The predicted molar refractivity (Wildman–Crippen MR) is 120 cm³/mol. The molecule has 2 aromatic carbocycles. The lowest BCUT2D eigenvalue weighted by molar-refractivity contribution is -0.0498. The lowest BCUT2D eigenvalue weighted by Gasteiger charge is -2.30. The monoisotopic (exact) mass is 476 g/mol. The molecule has 4 rings (SSSR count). The van der Waals surface area contributed by atoms with Gasteiger partial charge in [0.15, 0.2) is 0 Å². The number of halogens is 2. The molecule has 10 heteroatoms. The summed E-state index contributed by atoms with van der Waals surface area (Å²) in [7, 11) is -3.71. The van der Waals surface area contributed by atoms with Crippen molar-refractivity contribution < 1.29 is 21.9 Å². The molecule has 0 aliphatic heterocycles. The van der Waals surface area contributed by atoms with E-state index in [2.05, 4.69) is 19.7 Å². The lowest BCUT2D eigenvalue weighted by Crippen LogP contribution is -2.39. The van der Waals surface area contributed by atoms with Crippen LogP contribution in [0.2, 0.25) is 0 Å². The molecule has 2 atom stereocenters. The van der Waals surface area contributed by atoms with Crippen molar-refractivity contribution in [1.82, 2.24) is 19.5 Å². The van der Waals surface area contributed by atoms with E-state index >= 15 is 0 Å². The van der Waals surface area contributed by atoms with Crippen LogP contribution >= 0.6 is 0 Å². The molecule has 1 aliphatic rings. The maximum absolute atomic E-state index is 13.2. The molecule has 33 heavy (non-hydrogen) atoms. The highest BCUT2D eigenvalue weighted by Crippen LogP contribution is 2.31. The van der Waals surface area contributed by atoms with E-state index in [-0.39, 0.29) is 22.7 Å². The van der Waals surface area contributed by atoms with Crippen LogP contribution in [0.5, 0.6) is 5.75 Å². The van der Waals surface area contributed by atoms with Gasteiger partial charge in [0.2, 0.25) is 10.0 Å². The van der Waals surface area contributed by atoms with Crippen LogP contribution in [0.4, 0.5) is 8.78 Å². The third kappa shape index (κ3) is 5.56. The van der Waals surface area contributed by atoms with Gasteiger partial charge >= 0.3 is 6.61 Å². The second-order valence-corrected chi connectivity index (χ2v) is 9.81. The van der Waals surface area contributed by atoms with E-state index in [9.17, 15) is 17.2 Å². The molecule has 1 fully saturated rings. The Kier molecular flexibility index (Phi) is 7.04. The minimum Gasteiger partial charge on any atom is -0.435 e. The molecule has 1 aliphatic carbocycles. The fraction of sp³-hybridized carbons (Fsp3) is 0.391. The van der Waals surface area contributed by atoms with Crippen molar-refractivity contribution in [2.45, 2.75) is 62.6 Å². The Bertz CT molecular complexity index is 1170. The number of hydrogen-bond donors (Lipinski definition) is 1. The Morgan fingerprint density at radius 2 is 1.79 bits per heavy atom. The summed E-state index contributed by atoms with van der Waals surface area (Å²) in [6, 6.07) is 11.5. The van der Waals surface area contributed by atoms with E-state index in [1.54, 1.807) is 36.9 Å². The summed E-state index contributed by atoms with van der Waals surface area (Å²) >= 11 is 0. The van der Waals surface area contributed by atoms with Gasteiger partial charge in [-0.25, -0.2) is 13.1 Å². The Balaban J connectivity index is 1.51. The topological polar surface area (TPSA) is 86.1 Å². The number of nitrogens with one attached hydrogen (secondary N) is 1. The van der Waals surface area contributed by atoms with Gasteiger partial charge in [-0.2, -0.15) is 8.78 Å². The van der Waals surface area contributed by atoms with Crippen molar-refractivity contribution in [1.29, 1.82) is 0 Å². The van der Waals surface area contributed by atoms with Gasteiger partial charge in [0.1, 0.15) is 18.4 Å². The first-order valence-corrected chi connectivity index (χ1v) is 12.4. The van der Waals surface area contributed by atoms with Gasteiger partial charge in [0, 0.05) is 12.1 Å². The summed E-state index contributed by atoms with van der Waals surface area (Å²) in [4.78, 5) is 0.262. The number of hydrogen-bond acceptors (Lipinski definition) is 5. The van der Waals surface area contributed by atoms with Gasteiger partial charge in [0.05, 0.1) is 4.90 Å². The molecule has 0 spiro atoms. The van der Waals surface area contributed by atoms with E-state index < -0.39 is 16.6 Å². The second kappa shape index (κ2) is 9.96. The van der Waals surface area contributed by atoms with Crippen molar-refractivity contribution >= 4 is 10.0 Å². The van der Waals surface area contributed by atoms with E-state index in [0.29, 0.717) is 18.4 Å². The molecule has 2 unspecified atom stereocenters. The molecule has 0 saturated heterocycles. The van der Waals surface area contributed by atoms with Gasteiger partial charge in [0.25, 0.3) is 0 Å². The standard InChI is InChI=1S/C23H26F2N4O3S/c1-2-16-12-18(17-6-9-21(10-7-17)32-23(24)25)8-11-22(16)33(30,31)28-19-4-3-5-20(13-19)29-14-26-27-15-29/h6-12,14-15,19-20,23,28H,2-5,13H2,1H3. The molecule has 0 bridgehead atoms. The number of sulfonamides is 1. The summed E-state index contributed by atoms with van der Waals surface area (Å²) in [5.41, 5.74) is 2.28. The van der Waals surface area contributed by atoms with Crippen LogP contribution in [0, 0.1) is 0 Å². The molecule has 0 radical (unpaired) electrons. The van der Waals surface area contributed by atoms with Crippen LogP contribution in [-0.4, -0.2) is 35.8 Å². The fourth-order valence-corrected chi connectivity index (χ4v) is 5.92. The highest BCUT2D eigenvalue weighted by atomic mass is 32.2. The normalized spacial score (nSPS) is 19.0. The molecule has 1 heterocycles. The van der Waals surface area contributed by atoms with Crippen LogP contribution in [0.25, 0.3) is 11.1 Å². The average molecular weight is 477 g/mol. The van der Waals surface area contributed by atoms with Crippen molar-refractivity contribution in [3.05, 3.63) is 60.7 Å². The molecule has 1 saturated carbocycles. The zero-order valence-corrected chi connectivity index (χ0v) is 19.0. The Morgan fingerprint density at radius 1 is 1.09 bits per heavy atom. The minimum absolute atomic E-state index is 0.0742. The average Bonchev–Trinajstić information content (AvgIpc) is 3.34. The van der Waals surface area contributed by atoms with Crippen molar-refractivity contribution in [2.75, 3.05) is 0 Å².